The monoisotopic (exact) mass is 211 g/mol. The van der Waals surface area contributed by atoms with Gasteiger partial charge in [0, 0.05) is 18.8 Å². The van der Waals surface area contributed by atoms with Crippen molar-refractivity contribution in [2.24, 2.45) is 18.7 Å². The number of hydrogen-bond donors (Lipinski definition) is 1. The Balaban J connectivity index is 1.87. The highest BCUT2D eigenvalue weighted by molar-refractivity contribution is 7.99. The summed E-state index contributed by atoms with van der Waals surface area (Å²) < 4.78 is 1.93. The molecule has 0 aliphatic heterocycles. The number of nitrogens with zero attached hydrogens (tertiary/aromatic N) is 2. The molecule has 1 aromatic heterocycles. The van der Waals surface area contributed by atoms with Crippen LogP contribution in [0.15, 0.2) is 11.1 Å². The van der Waals surface area contributed by atoms with Crippen LogP contribution in [0, 0.1) is 12.8 Å². The Morgan fingerprint density at radius 2 is 2.43 bits per heavy atom. The summed E-state index contributed by atoms with van der Waals surface area (Å²) in [6.45, 7) is 2.02. The van der Waals surface area contributed by atoms with Gasteiger partial charge in [-0.05, 0) is 31.7 Å². The van der Waals surface area contributed by atoms with Gasteiger partial charge in [-0.1, -0.05) is 0 Å². The van der Waals surface area contributed by atoms with E-state index in [2.05, 4.69) is 11.2 Å². The summed E-state index contributed by atoms with van der Waals surface area (Å²) in [5.41, 5.74) is 7.11. The van der Waals surface area contributed by atoms with E-state index in [4.69, 9.17) is 5.73 Å². The summed E-state index contributed by atoms with van der Waals surface area (Å²) in [4.78, 5) is 0. The molecule has 2 rings (SSSR count). The van der Waals surface area contributed by atoms with Crippen molar-refractivity contribution in [3.05, 3.63) is 11.8 Å². The van der Waals surface area contributed by atoms with Crippen LogP contribution < -0.4 is 5.73 Å². The number of hydrogen-bond acceptors (Lipinski definition) is 3. The minimum atomic E-state index is 0.371. The molecule has 1 fully saturated rings. The largest absolute Gasteiger partial charge is 0.327 e. The van der Waals surface area contributed by atoms with Crippen LogP contribution in [-0.2, 0) is 7.05 Å². The van der Waals surface area contributed by atoms with Crippen LogP contribution in [0.5, 0.6) is 0 Å². The average Bonchev–Trinajstić information content (AvgIpc) is 2.90. The molecule has 4 heteroatoms. The van der Waals surface area contributed by atoms with E-state index in [0.29, 0.717) is 6.04 Å². The summed E-state index contributed by atoms with van der Waals surface area (Å²) in [5.74, 6) is 1.81. The summed E-state index contributed by atoms with van der Waals surface area (Å²) in [6.07, 6.45) is 2.65. The van der Waals surface area contributed by atoms with Crippen LogP contribution in [0.4, 0.5) is 0 Å². The van der Waals surface area contributed by atoms with Gasteiger partial charge in [0.25, 0.3) is 0 Å². The van der Waals surface area contributed by atoms with Crippen LogP contribution in [0.1, 0.15) is 18.5 Å². The van der Waals surface area contributed by atoms with Crippen LogP contribution in [0.3, 0.4) is 0 Å². The smallest absolute Gasteiger partial charge is 0.0939 e. The van der Waals surface area contributed by atoms with E-state index in [9.17, 15) is 0 Å². The molecule has 2 N–H and O–H groups in total. The highest BCUT2D eigenvalue weighted by Crippen LogP contribution is 2.33. The molecule has 78 valence electrons. The van der Waals surface area contributed by atoms with Crippen molar-refractivity contribution in [3.63, 3.8) is 0 Å². The quantitative estimate of drug-likeness (QED) is 0.769. The van der Waals surface area contributed by atoms with Crippen LogP contribution >= 0.6 is 11.8 Å². The molecule has 0 radical (unpaired) electrons. The minimum absolute atomic E-state index is 0.371. The van der Waals surface area contributed by atoms with Crippen LogP contribution in [0.2, 0.25) is 0 Å². The maximum Gasteiger partial charge on any atom is 0.0939 e. The molecule has 1 unspecified atom stereocenters. The Hall–Kier alpha value is -0.480. The minimum Gasteiger partial charge on any atom is -0.327 e. The molecule has 14 heavy (non-hydrogen) atoms. The zero-order valence-electron chi connectivity index (χ0n) is 8.73. The Bertz CT molecular complexity index is 317. The van der Waals surface area contributed by atoms with Gasteiger partial charge in [0.2, 0.25) is 0 Å². The zero-order valence-corrected chi connectivity index (χ0v) is 9.55. The first-order valence-electron chi connectivity index (χ1n) is 5.06. The Labute approximate surface area is 89.1 Å². The molecule has 1 aliphatic carbocycles. The SMILES string of the molecule is Cc1cc(SCC(N)C2CC2)n(C)n1. The van der Waals surface area contributed by atoms with Crippen molar-refractivity contribution in [2.45, 2.75) is 30.8 Å². The van der Waals surface area contributed by atoms with Gasteiger partial charge in [0.05, 0.1) is 10.7 Å². The fourth-order valence-electron chi connectivity index (χ4n) is 1.56. The van der Waals surface area contributed by atoms with E-state index >= 15 is 0 Å². The molecule has 0 spiro atoms. The standard InChI is InChI=1S/C10H17N3S/c1-7-5-10(13(2)12-7)14-6-9(11)8-3-4-8/h5,8-9H,3-4,6,11H2,1-2H3. The second kappa shape index (κ2) is 3.95. The number of aromatic nitrogens is 2. The lowest BCUT2D eigenvalue weighted by Gasteiger charge is -2.08. The molecule has 0 saturated heterocycles. The third-order valence-electron chi connectivity index (χ3n) is 2.61. The van der Waals surface area contributed by atoms with E-state index in [1.165, 1.54) is 17.9 Å². The molecule has 0 amide bonds. The zero-order chi connectivity index (χ0) is 10.1. The third-order valence-corrected chi connectivity index (χ3v) is 3.84. The topological polar surface area (TPSA) is 43.8 Å². The molecule has 3 nitrogen and oxygen atoms in total. The first-order valence-corrected chi connectivity index (χ1v) is 6.04. The lowest BCUT2D eigenvalue weighted by Crippen LogP contribution is -2.25. The predicted octanol–water partition coefficient (Wildman–Crippen LogP) is 1.56. The number of aryl methyl sites for hydroxylation is 2. The highest BCUT2D eigenvalue weighted by Gasteiger charge is 2.28. The van der Waals surface area contributed by atoms with Gasteiger partial charge in [-0.25, -0.2) is 0 Å². The molecule has 1 atom stereocenters. The molecule has 0 aromatic carbocycles. The first kappa shape index (κ1) is 10.1. The van der Waals surface area contributed by atoms with Gasteiger partial charge in [-0.3, -0.25) is 4.68 Å². The van der Waals surface area contributed by atoms with Crippen molar-refractivity contribution in [3.8, 4) is 0 Å². The first-order chi connectivity index (χ1) is 6.66. The predicted molar refractivity (Wildman–Crippen MR) is 59.4 cm³/mol. The van der Waals surface area contributed by atoms with Crippen LogP contribution in [0.25, 0.3) is 0 Å². The second-order valence-corrected chi connectivity index (χ2v) is 5.10. The lowest BCUT2D eigenvalue weighted by molar-refractivity contribution is 0.654. The van der Waals surface area contributed by atoms with Gasteiger partial charge >= 0.3 is 0 Å². The number of thioether (sulfide) groups is 1. The number of rotatable bonds is 4. The maximum atomic E-state index is 6.03. The summed E-state index contributed by atoms with van der Waals surface area (Å²) in [6, 6.07) is 2.49. The number of nitrogens with two attached hydrogens (primary N) is 1. The van der Waals surface area contributed by atoms with Gasteiger partial charge in [0.15, 0.2) is 0 Å². The lowest BCUT2D eigenvalue weighted by atomic mass is 10.2. The fourth-order valence-corrected chi connectivity index (χ4v) is 2.68. The molecular weight excluding hydrogens is 194 g/mol. The summed E-state index contributed by atoms with van der Waals surface area (Å²) in [7, 11) is 1.98. The van der Waals surface area contributed by atoms with Crippen molar-refractivity contribution < 1.29 is 0 Å². The average molecular weight is 211 g/mol. The summed E-state index contributed by atoms with van der Waals surface area (Å²) >= 11 is 1.82. The Morgan fingerprint density at radius 3 is 2.93 bits per heavy atom. The molecular formula is C10H17N3S. The summed E-state index contributed by atoms with van der Waals surface area (Å²) in [5, 5.41) is 5.53. The third kappa shape index (κ3) is 2.30. The van der Waals surface area contributed by atoms with Crippen molar-refractivity contribution in [1.82, 2.24) is 9.78 Å². The maximum absolute atomic E-state index is 6.03. The van der Waals surface area contributed by atoms with Crippen molar-refractivity contribution in [2.75, 3.05) is 5.75 Å². The van der Waals surface area contributed by atoms with Crippen LogP contribution in [-0.4, -0.2) is 21.6 Å². The fraction of sp³-hybridized carbons (Fsp3) is 0.700. The Morgan fingerprint density at radius 1 is 1.71 bits per heavy atom. The molecule has 1 aromatic rings. The molecule has 1 heterocycles. The molecule has 0 bridgehead atoms. The van der Waals surface area contributed by atoms with Crippen molar-refractivity contribution >= 4 is 11.8 Å². The van der Waals surface area contributed by atoms with Gasteiger partial charge in [-0.2, -0.15) is 5.10 Å². The normalized spacial score (nSPS) is 18.5. The van der Waals surface area contributed by atoms with Gasteiger partial charge in [-0.15, -0.1) is 11.8 Å². The molecule has 1 saturated carbocycles. The molecule has 1 aliphatic rings. The Kier molecular flexibility index (Phi) is 2.83. The van der Waals surface area contributed by atoms with E-state index in [0.717, 1.165) is 17.4 Å². The van der Waals surface area contributed by atoms with Crippen molar-refractivity contribution in [1.29, 1.82) is 0 Å². The second-order valence-electron chi connectivity index (χ2n) is 4.06. The van der Waals surface area contributed by atoms with E-state index in [-0.39, 0.29) is 0 Å². The van der Waals surface area contributed by atoms with E-state index in [1.54, 1.807) is 0 Å². The highest BCUT2D eigenvalue weighted by atomic mass is 32.2. The van der Waals surface area contributed by atoms with E-state index in [1.807, 2.05) is 30.4 Å². The van der Waals surface area contributed by atoms with Gasteiger partial charge in [0.1, 0.15) is 0 Å². The van der Waals surface area contributed by atoms with E-state index < -0.39 is 0 Å². The van der Waals surface area contributed by atoms with Gasteiger partial charge < -0.3 is 5.73 Å².